The summed E-state index contributed by atoms with van der Waals surface area (Å²) in [4.78, 5) is 61.0. The number of benzene rings is 2. The molecule has 44 heavy (non-hydrogen) atoms. The Morgan fingerprint density at radius 2 is 1.82 bits per heavy atom. The van der Waals surface area contributed by atoms with Crippen LogP contribution in [0, 0.1) is 17.5 Å². The van der Waals surface area contributed by atoms with Crippen LogP contribution < -0.4 is 10.7 Å². The third-order valence-corrected chi connectivity index (χ3v) is 9.07. The maximum atomic E-state index is 14.1. The van der Waals surface area contributed by atoms with Crippen LogP contribution in [0.25, 0.3) is 0 Å². The molecule has 2 saturated heterocycles. The summed E-state index contributed by atoms with van der Waals surface area (Å²) in [7, 11) is 0. The van der Waals surface area contributed by atoms with Gasteiger partial charge in [0.1, 0.15) is 28.6 Å². The number of carbonyl (C=O) groups is 3. The number of halogens is 4. The molecule has 3 amide bonds. The number of rotatable bonds is 5. The topological polar surface area (TPSA) is 121 Å². The fourth-order valence-corrected chi connectivity index (χ4v) is 6.41. The first-order valence-corrected chi connectivity index (χ1v) is 14.6. The molecule has 0 saturated carbocycles. The van der Waals surface area contributed by atoms with E-state index in [1.54, 1.807) is 0 Å². The van der Waals surface area contributed by atoms with Crippen LogP contribution in [0.4, 0.5) is 13.2 Å². The van der Waals surface area contributed by atoms with Crippen molar-refractivity contribution in [2.45, 2.75) is 57.0 Å². The molecule has 2 fully saturated rings. The van der Waals surface area contributed by atoms with Crippen molar-refractivity contribution in [1.82, 2.24) is 19.8 Å². The molecule has 2 bridgehead atoms. The van der Waals surface area contributed by atoms with Crippen molar-refractivity contribution in [1.29, 1.82) is 0 Å². The Hall–Kier alpha value is -4.17. The average molecular weight is 675 g/mol. The average Bonchev–Trinajstić information content (AvgIpc) is 3.22. The zero-order valence-electron chi connectivity index (χ0n) is 23.3. The maximum absolute atomic E-state index is 14.1. The van der Waals surface area contributed by atoms with Gasteiger partial charge >= 0.3 is 0 Å². The summed E-state index contributed by atoms with van der Waals surface area (Å²) in [6.07, 6.45) is 1.86. The smallest absolute Gasteiger partial charge is 0.274 e. The van der Waals surface area contributed by atoms with Gasteiger partial charge in [-0.3, -0.25) is 24.0 Å². The summed E-state index contributed by atoms with van der Waals surface area (Å²) < 4.78 is 43.8. The zero-order chi connectivity index (χ0) is 31.5. The molecular weight excluding hydrogens is 649 g/mol. The van der Waals surface area contributed by atoms with Gasteiger partial charge in [0.2, 0.25) is 11.3 Å². The number of nitrogens with one attached hydrogen (secondary N) is 1. The molecule has 1 aromatic heterocycles. The lowest BCUT2D eigenvalue weighted by Crippen LogP contribution is -2.52. The van der Waals surface area contributed by atoms with Crippen LogP contribution >= 0.6 is 15.9 Å². The lowest BCUT2D eigenvalue weighted by atomic mass is 9.85. The van der Waals surface area contributed by atoms with Crippen molar-refractivity contribution in [2.24, 2.45) is 0 Å². The normalized spacial score (nSPS) is 22.8. The van der Waals surface area contributed by atoms with Gasteiger partial charge in [-0.2, -0.15) is 0 Å². The molecular formula is C30H26BrF3N4O6. The number of hydrogen-bond donors (Lipinski definition) is 2. The third-order valence-electron chi connectivity index (χ3n) is 8.54. The number of pyridine rings is 1. The van der Waals surface area contributed by atoms with Crippen LogP contribution in [0.2, 0.25) is 0 Å². The molecule has 4 heterocycles. The number of aromatic hydroxyl groups is 1. The number of amides is 3. The van der Waals surface area contributed by atoms with E-state index in [2.05, 4.69) is 21.2 Å². The van der Waals surface area contributed by atoms with Gasteiger partial charge in [0.15, 0.2) is 11.4 Å². The van der Waals surface area contributed by atoms with E-state index in [1.165, 1.54) is 14.5 Å². The Morgan fingerprint density at radius 1 is 1.14 bits per heavy atom. The zero-order valence-corrected chi connectivity index (χ0v) is 24.9. The van der Waals surface area contributed by atoms with Crippen LogP contribution in [0.15, 0.2) is 51.9 Å². The van der Waals surface area contributed by atoms with Crippen LogP contribution in [0.3, 0.4) is 0 Å². The molecule has 0 unspecified atom stereocenters. The van der Waals surface area contributed by atoms with E-state index in [0.717, 1.165) is 16.2 Å². The van der Waals surface area contributed by atoms with Gasteiger partial charge in [-0.25, -0.2) is 18.2 Å². The molecule has 3 aliphatic rings. The van der Waals surface area contributed by atoms with Gasteiger partial charge in [-0.05, 0) is 37.5 Å². The molecule has 0 radical (unpaired) electrons. The van der Waals surface area contributed by atoms with Gasteiger partial charge in [0.25, 0.3) is 11.8 Å². The Kier molecular flexibility index (Phi) is 7.52. The molecule has 14 heteroatoms. The van der Waals surface area contributed by atoms with E-state index >= 15 is 0 Å². The standard InChI is InChI=1S/C30H26BrF3N4O6/c1-15-6-7-30(10-24(39)38(44-30)12-16-2-4-17(31)5-3-16)23-14-36(15)29(43)25-27(41)26(40)20(13-37(23)25)28(42)35-11-19-21(33)8-18(32)9-22(19)34/h2-5,8-9,13,15,23,41H,6-7,10-12,14H2,1H3,(H,35,42)/t15-,23+,30-/m0/s1. The fraction of sp³-hybridized carbons (Fsp3) is 0.333. The highest BCUT2D eigenvalue weighted by atomic mass is 79.9. The highest BCUT2D eigenvalue weighted by Gasteiger charge is 2.56. The summed E-state index contributed by atoms with van der Waals surface area (Å²) in [5, 5.41) is 14.5. The Morgan fingerprint density at radius 3 is 2.50 bits per heavy atom. The van der Waals surface area contributed by atoms with E-state index in [4.69, 9.17) is 4.84 Å². The van der Waals surface area contributed by atoms with Gasteiger partial charge in [-0.15, -0.1) is 0 Å². The highest BCUT2D eigenvalue weighted by molar-refractivity contribution is 9.10. The summed E-state index contributed by atoms with van der Waals surface area (Å²) in [6, 6.07) is 7.17. The first kappa shape index (κ1) is 29.9. The Labute approximate surface area is 257 Å². The molecule has 1 spiro atoms. The third kappa shape index (κ3) is 5.05. The molecule has 3 aromatic rings. The van der Waals surface area contributed by atoms with Crippen molar-refractivity contribution in [3.63, 3.8) is 0 Å². The largest absolute Gasteiger partial charge is 0.503 e. The second-order valence-electron chi connectivity index (χ2n) is 11.3. The minimum absolute atomic E-state index is 0.0556. The number of hydrogen-bond acceptors (Lipinski definition) is 6. The molecule has 230 valence electrons. The van der Waals surface area contributed by atoms with E-state index in [0.29, 0.717) is 25.0 Å². The second-order valence-corrected chi connectivity index (χ2v) is 12.2. The summed E-state index contributed by atoms with van der Waals surface area (Å²) >= 11 is 3.38. The summed E-state index contributed by atoms with van der Waals surface area (Å²) in [5.74, 6) is -6.58. The second kappa shape index (κ2) is 11.1. The van der Waals surface area contributed by atoms with Crippen molar-refractivity contribution in [3.8, 4) is 5.75 Å². The fourth-order valence-electron chi connectivity index (χ4n) is 6.15. The van der Waals surface area contributed by atoms with E-state index in [1.807, 2.05) is 31.2 Å². The van der Waals surface area contributed by atoms with Gasteiger partial charge < -0.3 is 19.9 Å². The molecule has 0 aliphatic carbocycles. The van der Waals surface area contributed by atoms with E-state index < -0.39 is 69.8 Å². The van der Waals surface area contributed by atoms with Crippen molar-refractivity contribution < 1.29 is 37.5 Å². The predicted octanol–water partition coefficient (Wildman–Crippen LogP) is 3.95. The Bertz CT molecular complexity index is 1740. The lowest BCUT2D eigenvalue weighted by molar-refractivity contribution is -0.218. The summed E-state index contributed by atoms with van der Waals surface area (Å²) in [6.45, 7) is 1.33. The van der Waals surface area contributed by atoms with Crippen LogP contribution in [-0.2, 0) is 22.7 Å². The molecule has 3 atom stereocenters. The first-order chi connectivity index (χ1) is 20.9. The number of hydroxylamine groups is 2. The van der Waals surface area contributed by atoms with Crippen LogP contribution in [0.5, 0.6) is 5.75 Å². The van der Waals surface area contributed by atoms with Crippen molar-refractivity contribution in [3.05, 3.63) is 97.1 Å². The lowest BCUT2D eigenvalue weighted by Gasteiger charge is -2.42. The number of fused-ring (bicyclic) bond motifs is 5. The van der Waals surface area contributed by atoms with E-state index in [9.17, 15) is 37.5 Å². The molecule has 10 nitrogen and oxygen atoms in total. The number of nitrogens with zero attached hydrogens (tertiary/aromatic N) is 3. The van der Waals surface area contributed by atoms with Crippen molar-refractivity contribution >= 4 is 33.7 Å². The SMILES string of the molecule is C[C@H]1CC[C@]2(CC(=O)N(Cc3ccc(Br)cc3)O2)[C@H]2CN1C(=O)c1c(O)c(=O)c(C(=O)NCc3c(F)cc(F)cc3F)cn12. The molecule has 3 aliphatic heterocycles. The molecule has 6 rings (SSSR count). The summed E-state index contributed by atoms with van der Waals surface area (Å²) in [5.41, 5.74) is -3.11. The first-order valence-electron chi connectivity index (χ1n) is 13.8. The maximum Gasteiger partial charge on any atom is 0.274 e. The van der Waals surface area contributed by atoms with Crippen LogP contribution in [0.1, 0.15) is 64.2 Å². The minimum Gasteiger partial charge on any atom is -0.503 e. The van der Waals surface area contributed by atoms with E-state index in [-0.39, 0.29) is 37.2 Å². The number of aromatic nitrogens is 1. The highest BCUT2D eigenvalue weighted by Crippen LogP contribution is 2.47. The number of carbonyl (C=O) groups excluding carboxylic acids is 3. The molecule has 2 aromatic carbocycles. The predicted molar refractivity (Wildman–Crippen MR) is 152 cm³/mol. The van der Waals surface area contributed by atoms with Gasteiger partial charge in [0.05, 0.1) is 19.0 Å². The Balaban J connectivity index is 1.36. The van der Waals surface area contributed by atoms with Crippen LogP contribution in [-0.4, -0.2) is 55.5 Å². The molecule has 2 N–H and O–H groups in total. The quantitative estimate of drug-likeness (QED) is 0.423. The minimum atomic E-state index is -1.23. The monoisotopic (exact) mass is 674 g/mol. The van der Waals surface area contributed by atoms with Crippen molar-refractivity contribution in [2.75, 3.05) is 6.54 Å². The van der Waals surface area contributed by atoms with Gasteiger partial charge in [0, 0.05) is 47.5 Å². The van der Waals surface area contributed by atoms with Gasteiger partial charge in [-0.1, -0.05) is 28.1 Å².